The van der Waals surface area contributed by atoms with Crippen LogP contribution < -0.4 is 15.4 Å². The monoisotopic (exact) mass is 488 g/mol. The largest absolute Gasteiger partial charge is 0.377 e. The molecule has 1 aliphatic carbocycles. The van der Waals surface area contributed by atoms with Crippen molar-refractivity contribution in [2.75, 3.05) is 32.5 Å². The predicted molar refractivity (Wildman–Crippen MR) is 112 cm³/mol. The Kier molecular flexibility index (Phi) is 11.3. The third-order valence-corrected chi connectivity index (χ3v) is 5.99. The van der Waals surface area contributed by atoms with Crippen LogP contribution >= 0.6 is 24.0 Å². The second-order valence-corrected chi connectivity index (χ2v) is 8.56. The van der Waals surface area contributed by atoms with Crippen LogP contribution in [-0.2, 0) is 14.8 Å². The van der Waals surface area contributed by atoms with Crippen molar-refractivity contribution in [3.05, 3.63) is 0 Å². The number of guanidine groups is 1. The van der Waals surface area contributed by atoms with E-state index in [0.29, 0.717) is 25.1 Å². The van der Waals surface area contributed by atoms with E-state index in [1.54, 1.807) is 7.05 Å². The Balaban J connectivity index is 0.00000312. The van der Waals surface area contributed by atoms with Gasteiger partial charge in [0.25, 0.3) is 0 Å². The summed E-state index contributed by atoms with van der Waals surface area (Å²) in [7, 11) is -1.58. The molecule has 3 N–H and O–H groups in total. The molecule has 1 atom stereocenters. The average Bonchev–Trinajstić information content (AvgIpc) is 2.61. The Bertz CT molecular complexity index is 490. The molecule has 9 heteroatoms. The molecule has 148 valence electrons. The fourth-order valence-electron chi connectivity index (χ4n) is 3.20. The minimum Gasteiger partial charge on any atom is -0.377 e. The highest BCUT2D eigenvalue weighted by Gasteiger charge is 2.18. The van der Waals surface area contributed by atoms with Crippen LogP contribution in [0.25, 0.3) is 0 Å². The van der Waals surface area contributed by atoms with Crippen LogP contribution in [-0.4, -0.2) is 59.0 Å². The molecule has 2 aliphatic rings. The topological polar surface area (TPSA) is 91.8 Å². The van der Waals surface area contributed by atoms with Crippen LogP contribution in [0.4, 0.5) is 0 Å². The van der Waals surface area contributed by atoms with Gasteiger partial charge in [-0.25, -0.2) is 13.1 Å². The summed E-state index contributed by atoms with van der Waals surface area (Å²) in [4.78, 5) is 4.18. The highest BCUT2D eigenvalue weighted by Crippen LogP contribution is 2.17. The Morgan fingerprint density at radius 1 is 1.12 bits per heavy atom. The van der Waals surface area contributed by atoms with E-state index >= 15 is 0 Å². The third kappa shape index (κ3) is 9.39. The normalized spacial score (nSPS) is 22.9. The van der Waals surface area contributed by atoms with Crippen molar-refractivity contribution in [1.29, 1.82) is 0 Å². The van der Waals surface area contributed by atoms with E-state index in [1.165, 1.54) is 19.3 Å². The third-order valence-electron chi connectivity index (χ3n) is 4.64. The summed E-state index contributed by atoms with van der Waals surface area (Å²) in [5.41, 5.74) is 0. The van der Waals surface area contributed by atoms with Gasteiger partial charge < -0.3 is 15.4 Å². The van der Waals surface area contributed by atoms with E-state index in [9.17, 15) is 8.42 Å². The molecule has 25 heavy (non-hydrogen) atoms. The van der Waals surface area contributed by atoms with Crippen molar-refractivity contribution >= 4 is 40.0 Å². The molecule has 0 aromatic carbocycles. The van der Waals surface area contributed by atoms with Gasteiger partial charge in [-0.15, -0.1) is 24.0 Å². The van der Waals surface area contributed by atoms with E-state index in [-0.39, 0.29) is 35.8 Å². The number of sulfonamides is 1. The van der Waals surface area contributed by atoms with Gasteiger partial charge >= 0.3 is 0 Å². The molecule has 2 rings (SSSR count). The standard InChI is InChI=1S/C16H32N4O3S.HI/c1-17-16(20-14-7-3-2-4-8-14)18-10-12-24(21,22)19-13-15-9-5-6-11-23-15;/h14-15,19H,2-13H2,1H3,(H2,17,18,20);1H. The first kappa shape index (κ1) is 22.9. The number of halogens is 1. The minimum atomic E-state index is -3.29. The smallest absolute Gasteiger partial charge is 0.213 e. The lowest BCUT2D eigenvalue weighted by molar-refractivity contribution is 0.0200. The molecule has 1 unspecified atom stereocenters. The van der Waals surface area contributed by atoms with Crippen LogP contribution in [0.1, 0.15) is 51.4 Å². The van der Waals surface area contributed by atoms with Crippen LogP contribution in [0.5, 0.6) is 0 Å². The number of hydrogen-bond donors (Lipinski definition) is 3. The molecule has 1 heterocycles. The van der Waals surface area contributed by atoms with Crippen molar-refractivity contribution in [3.8, 4) is 0 Å². The van der Waals surface area contributed by atoms with Gasteiger partial charge in [0.1, 0.15) is 0 Å². The maximum Gasteiger partial charge on any atom is 0.213 e. The zero-order chi connectivity index (χ0) is 17.3. The quantitative estimate of drug-likeness (QED) is 0.288. The number of nitrogens with zero attached hydrogens (tertiary/aromatic N) is 1. The van der Waals surface area contributed by atoms with Gasteiger partial charge in [-0.1, -0.05) is 19.3 Å². The predicted octanol–water partition coefficient (Wildman–Crippen LogP) is 1.59. The van der Waals surface area contributed by atoms with Crippen molar-refractivity contribution in [1.82, 2.24) is 15.4 Å². The lowest BCUT2D eigenvalue weighted by Crippen LogP contribution is -2.46. The SMILES string of the molecule is CN=C(NCCS(=O)(=O)NCC1CCCCO1)NC1CCCCC1.I. The number of hydrogen-bond acceptors (Lipinski definition) is 4. The molecule has 1 saturated carbocycles. The average molecular weight is 488 g/mol. The molecule has 0 radical (unpaired) electrons. The number of rotatable bonds is 7. The molecule has 2 fully saturated rings. The summed E-state index contributed by atoms with van der Waals surface area (Å²) in [5.74, 6) is 0.721. The maximum atomic E-state index is 12.1. The number of aliphatic imine (C=N–C) groups is 1. The second-order valence-electron chi connectivity index (χ2n) is 6.63. The Hall–Kier alpha value is -0.130. The lowest BCUT2D eigenvalue weighted by Gasteiger charge is -2.25. The Morgan fingerprint density at radius 3 is 2.48 bits per heavy atom. The van der Waals surface area contributed by atoms with Crippen molar-refractivity contribution in [3.63, 3.8) is 0 Å². The molecule has 0 amide bonds. The first-order chi connectivity index (χ1) is 11.6. The van der Waals surface area contributed by atoms with Crippen molar-refractivity contribution in [2.24, 2.45) is 4.99 Å². The van der Waals surface area contributed by atoms with Gasteiger partial charge in [-0.3, -0.25) is 4.99 Å². The van der Waals surface area contributed by atoms with Gasteiger partial charge in [-0.05, 0) is 32.1 Å². The molecule has 7 nitrogen and oxygen atoms in total. The highest BCUT2D eigenvalue weighted by atomic mass is 127. The van der Waals surface area contributed by atoms with Gasteiger partial charge in [-0.2, -0.15) is 0 Å². The highest BCUT2D eigenvalue weighted by molar-refractivity contribution is 14.0. The molecule has 0 aromatic heterocycles. The fraction of sp³-hybridized carbons (Fsp3) is 0.938. The van der Waals surface area contributed by atoms with E-state index in [1.807, 2.05) is 0 Å². The zero-order valence-electron chi connectivity index (χ0n) is 15.1. The van der Waals surface area contributed by atoms with E-state index in [2.05, 4.69) is 20.3 Å². The van der Waals surface area contributed by atoms with Crippen molar-refractivity contribution in [2.45, 2.75) is 63.5 Å². The molecular formula is C16H33IN4O3S. The summed E-state index contributed by atoms with van der Waals surface area (Å²) in [6, 6.07) is 0.447. The molecular weight excluding hydrogens is 455 g/mol. The first-order valence-corrected chi connectivity index (χ1v) is 10.8. The number of nitrogens with one attached hydrogen (secondary N) is 3. The lowest BCUT2D eigenvalue weighted by atomic mass is 9.96. The Labute approximate surface area is 169 Å². The van der Waals surface area contributed by atoms with E-state index < -0.39 is 10.0 Å². The minimum absolute atomic E-state index is 0. The summed E-state index contributed by atoms with van der Waals surface area (Å²) in [6.45, 7) is 1.45. The fourth-order valence-corrected chi connectivity index (χ4v) is 4.15. The molecule has 1 aliphatic heterocycles. The summed E-state index contributed by atoms with van der Waals surface area (Å²) in [6.07, 6.45) is 9.23. The second kappa shape index (κ2) is 12.3. The maximum absolute atomic E-state index is 12.1. The van der Waals surface area contributed by atoms with Crippen LogP contribution in [0.3, 0.4) is 0 Å². The van der Waals surface area contributed by atoms with E-state index in [0.717, 1.165) is 38.7 Å². The Morgan fingerprint density at radius 2 is 1.84 bits per heavy atom. The van der Waals surface area contributed by atoms with Crippen LogP contribution in [0.15, 0.2) is 4.99 Å². The number of ether oxygens (including phenoxy) is 1. The van der Waals surface area contributed by atoms with Crippen LogP contribution in [0.2, 0.25) is 0 Å². The summed E-state index contributed by atoms with van der Waals surface area (Å²) >= 11 is 0. The molecule has 0 bridgehead atoms. The van der Waals surface area contributed by atoms with Gasteiger partial charge in [0.05, 0.1) is 11.9 Å². The van der Waals surface area contributed by atoms with Crippen LogP contribution in [0, 0.1) is 0 Å². The first-order valence-electron chi connectivity index (χ1n) is 9.15. The van der Waals surface area contributed by atoms with E-state index in [4.69, 9.17) is 4.74 Å². The van der Waals surface area contributed by atoms with Gasteiger partial charge in [0.2, 0.25) is 10.0 Å². The summed E-state index contributed by atoms with van der Waals surface area (Å²) in [5, 5.41) is 6.48. The zero-order valence-corrected chi connectivity index (χ0v) is 18.3. The molecule has 0 aromatic rings. The van der Waals surface area contributed by atoms with Gasteiger partial charge in [0.15, 0.2) is 5.96 Å². The van der Waals surface area contributed by atoms with Crippen molar-refractivity contribution < 1.29 is 13.2 Å². The molecule has 1 saturated heterocycles. The summed E-state index contributed by atoms with van der Waals surface area (Å²) < 4.78 is 32.3. The van der Waals surface area contributed by atoms with Gasteiger partial charge in [0, 0.05) is 32.8 Å². The molecule has 0 spiro atoms.